The molecule has 1 fully saturated rings. The van der Waals surface area contributed by atoms with Crippen LogP contribution in [0.25, 0.3) is 0 Å². The second-order valence-electron chi connectivity index (χ2n) is 12.1. The number of carbonyl (C=O) groups excluding carboxylic acids is 3. The molecule has 4 N–H and O–H groups in total. The molecule has 1 aliphatic heterocycles. The van der Waals surface area contributed by atoms with Crippen LogP contribution in [0.2, 0.25) is 0 Å². The Morgan fingerprint density at radius 2 is 1.71 bits per heavy atom. The fraction of sp³-hybridized carbons (Fsp3) is 0.412. The van der Waals surface area contributed by atoms with Crippen LogP contribution in [-0.2, 0) is 27.3 Å². The third-order valence-electron chi connectivity index (χ3n) is 8.05. The molecule has 10 nitrogen and oxygen atoms in total. The van der Waals surface area contributed by atoms with Gasteiger partial charge < -0.3 is 30.4 Å². The van der Waals surface area contributed by atoms with Crippen molar-refractivity contribution in [2.45, 2.75) is 77.4 Å². The zero-order chi connectivity index (χ0) is 32.9. The summed E-state index contributed by atoms with van der Waals surface area (Å²) in [5.74, 6) is -0.816. The van der Waals surface area contributed by atoms with Crippen molar-refractivity contribution in [1.82, 2.24) is 20.5 Å². The quantitative estimate of drug-likeness (QED) is 0.254. The lowest BCUT2D eigenvalue weighted by molar-refractivity contribution is -0.148. The maximum absolute atomic E-state index is 13.9. The Morgan fingerprint density at radius 1 is 1.04 bits per heavy atom. The number of hydrogen-bond donors (Lipinski definition) is 4. The van der Waals surface area contributed by atoms with E-state index < -0.39 is 40.7 Å². The third-order valence-corrected chi connectivity index (χ3v) is 9.42. The highest BCUT2D eigenvalue weighted by Crippen LogP contribution is 2.40. The van der Waals surface area contributed by atoms with E-state index in [2.05, 4.69) is 15.6 Å². The van der Waals surface area contributed by atoms with Crippen LogP contribution in [-0.4, -0.2) is 68.1 Å². The van der Waals surface area contributed by atoms with Crippen molar-refractivity contribution < 1.29 is 24.2 Å². The van der Waals surface area contributed by atoms with Crippen molar-refractivity contribution in [3.8, 4) is 5.75 Å². The number of amides is 3. The van der Waals surface area contributed by atoms with E-state index in [0.717, 1.165) is 27.9 Å². The number of ether oxygens (including phenoxy) is 1. The van der Waals surface area contributed by atoms with Crippen LogP contribution < -0.4 is 20.9 Å². The number of aromatic amines is 1. The number of aliphatic hydroxyl groups excluding tert-OH is 1. The van der Waals surface area contributed by atoms with E-state index in [9.17, 15) is 24.3 Å². The predicted octanol–water partition coefficient (Wildman–Crippen LogP) is 3.07. The summed E-state index contributed by atoms with van der Waals surface area (Å²) in [4.78, 5) is 57.2. The highest BCUT2D eigenvalue weighted by atomic mass is 32.2. The van der Waals surface area contributed by atoms with Gasteiger partial charge in [-0.2, -0.15) is 0 Å². The van der Waals surface area contributed by atoms with Crippen LogP contribution >= 0.6 is 11.8 Å². The first-order chi connectivity index (χ1) is 21.3. The number of aromatic nitrogens is 1. The lowest BCUT2D eigenvalue weighted by Crippen LogP contribution is -2.59. The van der Waals surface area contributed by atoms with Crippen LogP contribution in [0.15, 0.2) is 59.4 Å². The van der Waals surface area contributed by atoms with Gasteiger partial charge in [-0.25, -0.2) is 0 Å². The molecule has 3 amide bonds. The second kappa shape index (κ2) is 14.3. The zero-order valence-electron chi connectivity index (χ0n) is 26.6. The van der Waals surface area contributed by atoms with E-state index >= 15 is 0 Å². The number of carbonyl (C=O) groups is 3. The Labute approximate surface area is 267 Å². The fourth-order valence-corrected chi connectivity index (χ4v) is 6.79. The van der Waals surface area contributed by atoms with Crippen LogP contribution in [0.4, 0.5) is 0 Å². The van der Waals surface area contributed by atoms with Gasteiger partial charge in [-0.1, -0.05) is 48.5 Å². The molecule has 3 atom stereocenters. The van der Waals surface area contributed by atoms with Gasteiger partial charge in [0.2, 0.25) is 5.91 Å². The Morgan fingerprint density at radius 3 is 2.36 bits per heavy atom. The monoisotopic (exact) mass is 634 g/mol. The molecule has 3 aromatic rings. The SMILES string of the molecule is Cc1cc(C)c(CNC(=O)[C@H]2N(C(=O)[C@@H](O)[C@H](Cc3ccccc3)NC(=O)COc3c(C)cccc3C)CSC2(C)C)c(=O)[nH]1. The molecule has 0 radical (unpaired) electrons. The minimum atomic E-state index is -1.64. The smallest absolute Gasteiger partial charge is 0.258 e. The number of para-hydroxylation sites is 1. The first-order valence-corrected chi connectivity index (χ1v) is 15.9. The van der Waals surface area contributed by atoms with Crippen molar-refractivity contribution in [3.05, 3.63) is 98.5 Å². The van der Waals surface area contributed by atoms with E-state index in [1.54, 1.807) is 13.8 Å². The molecule has 1 aromatic heterocycles. The van der Waals surface area contributed by atoms with Crippen molar-refractivity contribution >= 4 is 29.5 Å². The summed E-state index contributed by atoms with van der Waals surface area (Å²) in [7, 11) is 0. The maximum Gasteiger partial charge on any atom is 0.258 e. The molecule has 0 aliphatic carbocycles. The number of thioether (sulfide) groups is 1. The normalized spacial score (nSPS) is 17.0. The second-order valence-corrected chi connectivity index (χ2v) is 13.7. The summed E-state index contributed by atoms with van der Waals surface area (Å²) >= 11 is 1.42. The van der Waals surface area contributed by atoms with E-state index in [-0.39, 0.29) is 31.0 Å². The molecule has 0 bridgehead atoms. The molecule has 1 aliphatic rings. The molecule has 45 heavy (non-hydrogen) atoms. The number of aliphatic hydroxyl groups is 1. The summed E-state index contributed by atoms with van der Waals surface area (Å²) in [6, 6.07) is 14.9. The lowest BCUT2D eigenvalue weighted by atomic mass is 9.97. The number of pyridine rings is 1. The van der Waals surface area contributed by atoms with E-state index in [1.165, 1.54) is 16.7 Å². The number of hydrogen-bond acceptors (Lipinski definition) is 7. The molecule has 2 heterocycles. The molecule has 4 rings (SSSR count). The Bertz CT molecular complexity index is 1590. The maximum atomic E-state index is 13.9. The van der Waals surface area contributed by atoms with Gasteiger partial charge >= 0.3 is 0 Å². The van der Waals surface area contributed by atoms with Gasteiger partial charge in [0, 0.05) is 22.5 Å². The summed E-state index contributed by atoms with van der Waals surface area (Å²) < 4.78 is 5.14. The largest absolute Gasteiger partial charge is 0.483 e. The van der Waals surface area contributed by atoms with Crippen LogP contribution in [0, 0.1) is 27.7 Å². The highest BCUT2D eigenvalue weighted by Gasteiger charge is 2.49. The molecular formula is C34H42N4O6S. The minimum Gasteiger partial charge on any atom is -0.483 e. The molecule has 2 aromatic carbocycles. The fourth-order valence-electron chi connectivity index (χ4n) is 5.65. The standard InChI is InChI=1S/C34H42N4O6S/c1-20-11-10-12-21(2)29(20)44-18-27(39)37-26(16-24-13-8-7-9-14-24)28(40)33(43)38-19-45-34(5,6)30(38)32(42)35-17-25-22(3)15-23(4)36-31(25)41/h7-15,26,28,30,40H,16-19H2,1-6H3,(H,35,42)(H,36,41)(H,37,39)/t26-,28-,30+/m0/s1. The molecule has 0 saturated carbocycles. The van der Waals surface area contributed by atoms with Crippen molar-refractivity contribution in [2.75, 3.05) is 12.5 Å². The summed E-state index contributed by atoms with van der Waals surface area (Å²) in [5.41, 5.74) is 4.22. The van der Waals surface area contributed by atoms with Gasteiger partial charge in [0.25, 0.3) is 17.4 Å². The average Bonchev–Trinajstić information content (AvgIpc) is 3.30. The van der Waals surface area contributed by atoms with Gasteiger partial charge in [0.1, 0.15) is 11.8 Å². The zero-order valence-corrected chi connectivity index (χ0v) is 27.4. The highest BCUT2D eigenvalue weighted by molar-refractivity contribution is 8.00. The predicted molar refractivity (Wildman–Crippen MR) is 175 cm³/mol. The number of rotatable bonds is 11. The Hall–Kier alpha value is -4.09. The number of aryl methyl sites for hydroxylation is 4. The molecular weight excluding hydrogens is 592 g/mol. The van der Waals surface area contributed by atoms with Crippen molar-refractivity contribution in [3.63, 3.8) is 0 Å². The topological polar surface area (TPSA) is 141 Å². The Balaban J connectivity index is 1.51. The van der Waals surface area contributed by atoms with E-state index in [4.69, 9.17) is 4.74 Å². The summed E-state index contributed by atoms with van der Waals surface area (Å²) in [6.45, 7) is 10.8. The van der Waals surface area contributed by atoms with Crippen LogP contribution in [0.3, 0.4) is 0 Å². The number of H-pyrrole nitrogens is 1. The molecule has 1 saturated heterocycles. The minimum absolute atomic E-state index is 0.00480. The Kier molecular flexibility index (Phi) is 10.8. The van der Waals surface area contributed by atoms with Gasteiger partial charge in [-0.15, -0.1) is 11.8 Å². The first-order valence-electron chi connectivity index (χ1n) is 14.9. The van der Waals surface area contributed by atoms with Crippen molar-refractivity contribution in [2.24, 2.45) is 0 Å². The molecule has 0 spiro atoms. The van der Waals surface area contributed by atoms with Crippen molar-refractivity contribution in [1.29, 1.82) is 0 Å². The summed E-state index contributed by atoms with van der Waals surface area (Å²) in [5, 5.41) is 17.1. The number of benzene rings is 2. The van der Waals surface area contributed by atoms with Gasteiger partial charge in [0.15, 0.2) is 12.7 Å². The van der Waals surface area contributed by atoms with Gasteiger partial charge in [-0.05, 0) is 76.3 Å². The van der Waals surface area contributed by atoms with Crippen LogP contribution in [0.5, 0.6) is 5.75 Å². The number of nitrogens with zero attached hydrogens (tertiary/aromatic N) is 1. The average molecular weight is 635 g/mol. The molecule has 11 heteroatoms. The lowest BCUT2D eigenvalue weighted by Gasteiger charge is -2.33. The first kappa shape index (κ1) is 33.8. The molecule has 240 valence electrons. The summed E-state index contributed by atoms with van der Waals surface area (Å²) in [6.07, 6.45) is -1.46. The van der Waals surface area contributed by atoms with E-state index in [0.29, 0.717) is 11.3 Å². The number of nitrogens with one attached hydrogen (secondary N) is 3. The van der Waals surface area contributed by atoms with Gasteiger partial charge in [-0.3, -0.25) is 19.2 Å². The van der Waals surface area contributed by atoms with Gasteiger partial charge in [0.05, 0.1) is 11.9 Å². The molecule has 0 unspecified atom stereocenters. The van der Waals surface area contributed by atoms with E-state index in [1.807, 2.05) is 82.3 Å². The van der Waals surface area contributed by atoms with Crippen LogP contribution in [0.1, 0.15) is 47.4 Å². The third kappa shape index (κ3) is 8.15.